The van der Waals surface area contributed by atoms with Gasteiger partial charge in [0.05, 0.1) is 14.2 Å². The fraction of sp³-hybridized carbons (Fsp3) is 0.304. The SMILES string of the molecule is COc1cc(CCc2cc(N(CC(C)N)C(=O)c3ccccc3)n[nH]2)cc(OC)c1. The number of aromatic nitrogens is 2. The number of aryl methyl sites for hydroxylation is 2. The van der Waals surface area contributed by atoms with Crippen molar-refractivity contribution in [3.8, 4) is 11.5 Å². The molecule has 2 aromatic carbocycles. The molecule has 1 amide bonds. The van der Waals surface area contributed by atoms with Crippen LogP contribution < -0.4 is 20.1 Å². The number of carbonyl (C=O) groups excluding carboxylic acids is 1. The van der Waals surface area contributed by atoms with E-state index in [0.29, 0.717) is 17.9 Å². The van der Waals surface area contributed by atoms with Crippen LogP contribution >= 0.6 is 0 Å². The first-order chi connectivity index (χ1) is 14.5. The Morgan fingerprint density at radius 2 is 1.73 bits per heavy atom. The van der Waals surface area contributed by atoms with Gasteiger partial charge in [0.2, 0.25) is 0 Å². The summed E-state index contributed by atoms with van der Waals surface area (Å²) in [5.74, 6) is 1.96. The average Bonchev–Trinajstić information content (AvgIpc) is 3.24. The number of nitrogens with one attached hydrogen (secondary N) is 1. The summed E-state index contributed by atoms with van der Waals surface area (Å²) < 4.78 is 10.7. The maximum atomic E-state index is 13.0. The van der Waals surface area contributed by atoms with Crippen LogP contribution in [0.2, 0.25) is 0 Å². The fourth-order valence-electron chi connectivity index (χ4n) is 3.21. The summed E-state index contributed by atoms with van der Waals surface area (Å²) in [6.07, 6.45) is 1.50. The van der Waals surface area contributed by atoms with Gasteiger partial charge in [0.25, 0.3) is 5.91 Å². The van der Waals surface area contributed by atoms with Gasteiger partial charge in [-0.2, -0.15) is 5.10 Å². The standard InChI is InChI=1S/C23H28N4O3/c1-16(24)15-27(23(28)18-7-5-4-6-8-18)22-13-19(25-26-22)10-9-17-11-20(29-2)14-21(12-17)30-3/h4-8,11-14,16H,9-10,15,24H2,1-3H3,(H,25,26). The van der Waals surface area contributed by atoms with E-state index < -0.39 is 0 Å². The number of nitrogens with two attached hydrogens (primary N) is 1. The van der Waals surface area contributed by atoms with Crippen LogP contribution in [0.1, 0.15) is 28.5 Å². The predicted octanol–water partition coefficient (Wildman–Crippen LogP) is 3.21. The number of amides is 1. The van der Waals surface area contributed by atoms with Crippen LogP contribution in [0.25, 0.3) is 0 Å². The number of methoxy groups -OCH3 is 2. The van der Waals surface area contributed by atoms with Crippen LogP contribution in [0.15, 0.2) is 54.6 Å². The molecule has 0 aliphatic carbocycles. The highest BCUT2D eigenvalue weighted by molar-refractivity contribution is 6.05. The van der Waals surface area contributed by atoms with Crippen LogP contribution in [0, 0.1) is 0 Å². The minimum absolute atomic E-state index is 0.122. The molecule has 1 aromatic heterocycles. The van der Waals surface area contributed by atoms with Gasteiger partial charge < -0.3 is 15.2 Å². The molecule has 3 aromatic rings. The number of aromatic amines is 1. The number of benzene rings is 2. The Bertz CT molecular complexity index is 947. The van der Waals surface area contributed by atoms with Crippen LogP contribution in [-0.4, -0.2) is 42.9 Å². The van der Waals surface area contributed by atoms with Gasteiger partial charge >= 0.3 is 0 Å². The lowest BCUT2D eigenvalue weighted by molar-refractivity contribution is 0.0985. The molecule has 0 aliphatic rings. The van der Waals surface area contributed by atoms with Gasteiger partial charge in [-0.1, -0.05) is 18.2 Å². The van der Waals surface area contributed by atoms with Crippen molar-refractivity contribution in [1.82, 2.24) is 10.2 Å². The first-order valence-corrected chi connectivity index (χ1v) is 9.89. The molecule has 3 rings (SSSR count). The van der Waals surface area contributed by atoms with E-state index in [4.69, 9.17) is 15.2 Å². The summed E-state index contributed by atoms with van der Waals surface area (Å²) in [4.78, 5) is 14.6. The monoisotopic (exact) mass is 408 g/mol. The highest BCUT2D eigenvalue weighted by Gasteiger charge is 2.21. The van der Waals surface area contributed by atoms with Crippen LogP contribution in [-0.2, 0) is 12.8 Å². The Morgan fingerprint density at radius 1 is 1.07 bits per heavy atom. The molecule has 0 aliphatic heterocycles. The van der Waals surface area contributed by atoms with Gasteiger partial charge in [0.15, 0.2) is 5.82 Å². The first kappa shape index (κ1) is 21.4. The van der Waals surface area contributed by atoms with Crippen molar-refractivity contribution in [2.24, 2.45) is 5.73 Å². The Balaban J connectivity index is 1.75. The zero-order chi connectivity index (χ0) is 21.5. The van der Waals surface area contributed by atoms with E-state index >= 15 is 0 Å². The third kappa shape index (κ3) is 5.39. The molecule has 7 heteroatoms. The fourth-order valence-corrected chi connectivity index (χ4v) is 3.21. The van der Waals surface area contributed by atoms with Crippen molar-refractivity contribution in [3.05, 3.63) is 71.4 Å². The Morgan fingerprint density at radius 3 is 2.33 bits per heavy atom. The zero-order valence-electron chi connectivity index (χ0n) is 17.6. The molecule has 1 heterocycles. The van der Waals surface area contributed by atoms with Crippen LogP contribution in [0.4, 0.5) is 5.82 Å². The van der Waals surface area contributed by atoms with Gasteiger partial charge in [-0.3, -0.25) is 14.8 Å². The molecule has 1 unspecified atom stereocenters. The number of H-pyrrole nitrogens is 1. The summed E-state index contributed by atoms with van der Waals surface area (Å²) >= 11 is 0. The second kappa shape index (κ2) is 9.93. The minimum atomic E-state index is -0.179. The number of rotatable bonds is 9. The first-order valence-electron chi connectivity index (χ1n) is 9.89. The Hall–Kier alpha value is -3.32. The van der Waals surface area contributed by atoms with E-state index in [1.807, 2.05) is 49.4 Å². The normalized spacial score (nSPS) is 11.7. The van der Waals surface area contributed by atoms with E-state index in [2.05, 4.69) is 10.2 Å². The van der Waals surface area contributed by atoms with Crippen molar-refractivity contribution in [1.29, 1.82) is 0 Å². The summed E-state index contributed by atoms with van der Waals surface area (Å²) in [7, 11) is 3.27. The molecular weight excluding hydrogens is 380 g/mol. The smallest absolute Gasteiger partial charge is 0.259 e. The van der Waals surface area contributed by atoms with Crippen molar-refractivity contribution in [2.45, 2.75) is 25.8 Å². The van der Waals surface area contributed by atoms with E-state index in [9.17, 15) is 4.79 Å². The summed E-state index contributed by atoms with van der Waals surface area (Å²) in [5, 5.41) is 7.42. The second-order valence-electron chi connectivity index (χ2n) is 7.23. The lowest BCUT2D eigenvalue weighted by Gasteiger charge is -2.22. The van der Waals surface area contributed by atoms with Crippen LogP contribution in [0.3, 0.4) is 0 Å². The molecule has 0 radical (unpaired) electrons. The van der Waals surface area contributed by atoms with Crippen molar-refractivity contribution < 1.29 is 14.3 Å². The summed E-state index contributed by atoms with van der Waals surface area (Å²) in [6, 6.07) is 16.7. The maximum absolute atomic E-state index is 13.0. The van der Waals surface area contributed by atoms with Crippen molar-refractivity contribution in [3.63, 3.8) is 0 Å². The lowest BCUT2D eigenvalue weighted by Crippen LogP contribution is -2.40. The second-order valence-corrected chi connectivity index (χ2v) is 7.23. The molecule has 3 N–H and O–H groups in total. The summed E-state index contributed by atoms with van der Waals surface area (Å²) in [6.45, 7) is 2.25. The molecule has 7 nitrogen and oxygen atoms in total. The average molecular weight is 409 g/mol. The van der Waals surface area contributed by atoms with Gasteiger partial charge in [-0.05, 0) is 49.6 Å². The molecule has 0 saturated heterocycles. The quantitative estimate of drug-likeness (QED) is 0.567. The molecule has 0 spiro atoms. The molecule has 30 heavy (non-hydrogen) atoms. The lowest BCUT2D eigenvalue weighted by atomic mass is 10.1. The van der Waals surface area contributed by atoms with E-state index in [0.717, 1.165) is 35.6 Å². The van der Waals surface area contributed by atoms with Gasteiger partial charge in [-0.15, -0.1) is 0 Å². The van der Waals surface area contributed by atoms with Crippen molar-refractivity contribution >= 4 is 11.7 Å². The third-order valence-electron chi connectivity index (χ3n) is 4.72. The summed E-state index contributed by atoms with van der Waals surface area (Å²) in [5.41, 5.74) is 8.62. The molecule has 0 fully saturated rings. The van der Waals surface area contributed by atoms with E-state index in [-0.39, 0.29) is 11.9 Å². The van der Waals surface area contributed by atoms with Crippen molar-refractivity contribution in [2.75, 3.05) is 25.7 Å². The zero-order valence-corrected chi connectivity index (χ0v) is 17.6. The maximum Gasteiger partial charge on any atom is 0.259 e. The number of carbonyl (C=O) groups is 1. The van der Waals surface area contributed by atoms with Gasteiger partial charge in [0, 0.05) is 36.0 Å². The minimum Gasteiger partial charge on any atom is -0.497 e. The number of hydrogen-bond acceptors (Lipinski definition) is 5. The highest BCUT2D eigenvalue weighted by Crippen LogP contribution is 2.24. The number of ether oxygens (including phenoxy) is 2. The molecule has 0 bridgehead atoms. The Kier molecular flexibility index (Phi) is 7.08. The number of hydrogen-bond donors (Lipinski definition) is 2. The molecule has 158 valence electrons. The molecule has 0 saturated carbocycles. The molecular formula is C23H28N4O3. The largest absolute Gasteiger partial charge is 0.497 e. The number of nitrogens with zero attached hydrogens (tertiary/aromatic N) is 2. The predicted molar refractivity (Wildman–Crippen MR) is 117 cm³/mol. The van der Waals surface area contributed by atoms with E-state index in [1.54, 1.807) is 31.3 Å². The Labute approximate surface area is 176 Å². The topological polar surface area (TPSA) is 93.5 Å². The van der Waals surface area contributed by atoms with Gasteiger partial charge in [0.1, 0.15) is 11.5 Å². The molecule has 1 atom stereocenters. The van der Waals surface area contributed by atoms with Gasteiger partial charge in [-0.25, -0.2) is 0 Å². The van der Waals surface area contributed by atoms with E-state index in [1.165, 1.54) is 0 Å². The number of anilines is 1. The third-order valence-corrected chi connectivity index (χ3v) is 4.72. The highest BCUT2D eigenvalue weighted by atomic mass is 16.5. The van der Waals surface area contributed by atoms with Crippen LogP contribution in [0.5, 0.6) is 11.5 Å².